The fourth-order valence-electron chi connectivity index (χ4n) is 2.08. The summed E-state index contributed by atoms with van der Waals surface area (Å²) in [5, 5.41) is 4.58. The minimum Gasteiger partial charge on any atom is -0.368 e. The summed E-state index contributed by atoms with van der Waals surface area (Å²) in [7, 11) is 0. The van der Waals surface area contributed by atoms with Gasteiger partial charge in [-0.2, -0.15) is 4.98 Å². The van der Waals surface area contributed by atoms with Gasteiger partial charge in [-0.3, -0.25) is 0 Å². The molecule has 0 saturated heterocycles. The summed E-state index contributed by atoms with van der Waals surface area (Å²) >= 11 is 1.65. The first-order chi connectivity index (χ1) is 8.51. The van der Waals surface area contributed by atoms with Crippen molar-refractivity contribution in [2.45, 2.75) is 40.2 Å². The number of nitrogens with one attached hydrogen (secondary N) is 1. The molecule has 0 radical (unpaired) electrons. The number of anilines is 2. The maximum atomic E-state index is 5.77. The van der Waals surface area contributed by atoms with Crippen LogP contribution in [0.4, 0.5) is 11.8 Å². The number of hydrogen-bond acceptors (Lipinski definition) is 5. The minimum absolute atomic E-state index is 0.338. The van der Waals surface area contributed by atoms with E-state index in [9.17, 15) is 0 Å². The molecule has 2 rings (SSSR count). The van der Waals surface area contributed by atoms with Gasteiger partial charge in [-0.15, -0.1) is 11.3 Å². The highest BCUT2D eigenvalue weighted by molar-refractivity contribution is 7.18. The van der Waals surface area contributed by atoms with E-state index in [2.05, 4.69) is 49.0 Å². The maximum absolute atomic E-state index is 5.77. The lowest BCUT2D eigenvalue weighted by molar-refractivity contribution is 0.510. The van der Waals surface area contributed by atoms with Crippen molar-refractivity contribution in [3.05, 3.63) is 10.9 Å². The Bertz CT molecular complexity index is 547. The van der Waals surface area contributed by atoms with Crippen molar-refractivity contribution in [1.82, 2.24) is 9.97 Å². The molecule has 2 aromatic rings. The molecule has 2 aromatic heterocycles. The Morgan fingerprint density at radius 3 is 2.72 bits per heavy atom. The van der Waals surface area contributed by atoms with Crippen LogP contribution in [0.15, 0.2) is 6.07 Å². The topological polar surface area (TPSA) is 63.8 Å². The van der Waals surface area contributed by atoms with E-state index in [-0.39, 0.29) is 0 Å². The second kappa shape index (κ2) is 5.10. The molecule has 0 aliphatic carbocycles. The van der Waals surface area contributed by atoms with Crippen LogP contribution >= 0.6 is 11.3 Å². The second-order valence-corrected chi connectivity index (χ2v) is 6.14. The molecular formula is C13H20N4S. The number of aromatic nitrogens is 2. The van der Waals surface area contributed by atoms with Crippen molar-refractivity contribution in [2.24, 2.45) is 5.92 Å². The number of thiophene rings is 1. The van der Waals surface area contributed by atoms with Crippen LogP contribution in [0.5, 0.6) is 0 Å². The van der Waals surface area contributed by atoms with Crippen molar-refractivity contribution >= 4 is 33.3 Å². The average Bonchev–Trinajstić information content (AvgIpc) is 2.65. The van der Waals surface area contributed by atoms with Gasteiger partial charge in [-0.1, -0.05) is 20.8 Å². The smallest absolute Gasteiger partial charge is 0.223 e. The normalized spacial score (nSPS) is 13.2. The summed E-state index contributed by atoms with van der Waals surface area (Å²) in [5.41, 5.74) is 5.77. The van der Waals surface area contributed by atoms with Crippen LogP contribution in [-0.4, -0.2) is 16.0 Å². The molecule has 3 N–H and O–H groups in total. The summed E-state index contributed by atoms with van der Waals surface area (Å²) < 4.78 is 0. The van der Waals surface area contributed by atoms with E-state index in [4.69, 9.17) is 5.73 Å². The van der Waals surface area contributed by atoms with E-state index in [0.29, 0.717) is 17.9 Å². The molecule has 0 aliphatic heterocycles. The van der Waals surface area contributed by atoms with Gasteiger partial charge in [0.15, 0.2) is 0 Å². The second-order valence-electron chi connectivity index (χ2n) is 4.91. The van der Waals surface area contributed by atoms with Crippen molar-refractivity contribution in [3.8, 4) is 0 Å². The quantitative estimate of drug-likeness (QED) is 0.888. The molecule has 1 atom stereocenters. The SMILES string of the molecule is CCC(Nc1nc(N)nc2sc(C)cc12)C(C)C. The van der Waals surface area contributed by atoms with E-state index in [1.165, 1.54) is 4.88 Å². The predicted molar refractivity (Wildman–Crippen MR) is 79.1 cm³/mol. The van der Waals surface area contributed by atoms with Crippen molar-refractivity contribution in [1.29, 1.82) is 0 Å². The van der Waals surface area contributed by atoms with Gasteiger partial charge in [0, 0.05) is 10.9 Å². The van der Waals surface area contributed by atoms with Gasteiger partial charge in [0.05, 0.1) is 5.39 Å². The third kappa shape index (κ3) is 2.56. The lowest BCUT2D eigenvalue weighted by Crippen LogP contribution is -2.25. The summed E-state index contributed by atoms with van der Waals surface area (Å²) in [5.74, 6) is 1.76. The van der Waals surface area contributed by atoms with E-state index in [0.717, 1.165) is 22.5 Å². The summed E-state index contributed by atoms with van der Waals surface area (Å²) in [6, 6.07) is 2.53. The lowest BCUT2D eigenvalue weighted by atomic mass is 10.0. The summed E-state index contributed by atoms with van der Waals surface area (Å²) in [4.78, 5) is 10.8. The summed E-state index contributed by atoms with van der Waals surface area (Å²) in [6.07, 6.45) is 1.06. The molecule has 0 bridgehead atoms. The molecule has 4 nitrogen and oxygen atoms in total. The molecule has 0 aromatic carbocycles. The van der Waals surface area contributed by atoms with E-state index >= 15 is 0 Å². The molecular weight excluding hydrogens is 244 g/mol. The molecule has 1 unspecified atom stereocenters. The fourth-order valence-corrected chi connectivity index (χ4v) is 2.97. The highest BCUT2D eigenvalue weighted by Crippen LogP contribution is 2.30. The largest absolute Gasteiger partial charge is 0.368 e. The van der Waals surface area contributed by atoms with Crippen molar-refractivity contribution in [2.75, 3.05) is 11.1 Å². The van der Waals surface area contributed by atoms with Crippen molar-refractivity contribution < 1.29 is 0 Å². The number of nitrogens with two attached hydrogens (primary N) is 1. The van der Waals surface area contributed by atoms with Gasteiger partial charge >= 0.3 is 0 Å². The first-order valence-corrected chi connectivity index (χ1v) is 7.13. The minimum atomic E-state index is 0.338. The van der Waals surface area contributed by atoms with Crippen LogP contribution in [0.3, 0.4) is 0 Å². The third-order valence-corrected chi connectivity index (χ3v) is 4.04. The zero-order valence-corrected chi connectivity index (χ0v) is 12.1. The van der Waals surface area contributed by atoms with E-state index in [1.54, 1.807) is 11.3 Å². The molecule has 0 amide bonds. The van der Waals surface area contributed by atoms with E-state index < -0.39 is 0 Å². The number of fused-ring (bicyclic) bond motifs is 1. The van der Waals surface area contributed by atoms with Gasteiger partial charge in [-0.25, -0.2) is 4.98 Å². The lowest BCUT2D eigenvalue weighted by Gasteiger charge is -2.21. The zero-order valence-electron chi connectivity index (χ0n) is 11.3. The highest BCUT2D eigenvalue weighted by Gasteiger charge is 2.15. The zero-order chi connectivity index (χ0) is 13.3. The molecule has 0 spiro atoms. The van der Waals surface area contributed by atoms with Crippen LogP contribution in [0.2, 0.25) is 0 Å². The Morgan fingerprint density at radius 2 is 2.11 bits per heavy atom. The fraction of sp³-hybridized carbons (Fsp3) is 0.538. The molecule has 98 valence electrons. The molecule has 0 aliphatic rings. The maximum Gasteiger partial charge on any atom is 0.223 e. The number of hydrogen-bond donors (Lipinski definition) is 2. The van der Waals surface area contributed by atoms with Crippen LogP contribution < -0.4 is 11.1 Å². The van der Waals surface area contributed by atoms with Crippen LogP contribution in [0, 0.1) is 12.8 Å². The van der Waals surface area contributed by atoms with Gasteiger partial charge in [0.25, 0.3) is 0 Å². The van der Waals surface area contributed by atoms with E-state index in [1.807, 2.05) is 0 Å². The van der Waals surface area contributed by atoms with Gasteiger partial charge in [0.2, 0.25) is 5.95 Å². The number of nitrogens with zero attached hydrogens (tertiary/aromatic N) is 2. The molecule has 5 heteroatoms. The van der Waals surface area contributed by atoms with Gasteiger partial charge in [0.1, 0.15) is 10.6 Å². The predicted octanol–water partition coefficient (Wildman–Crippen LogP) is 3.43. The summed E-state index contributed by atoms with van der Waals surface area (Å²) in [6.45, 7) is 8.67. The standard InChI is InChI=1S/C13H20N4S/c1-5-10(7(2)3)15-11-9-6-8(4)18-12(9)17-13(14)16-11/h6-7,10H,5H2,1-4H3,(H3,14,15,16,17). The van der Waals surface area contributed by atoms with Crippen LogP contribution in [-0.2, 0) is 0 Å². The highest BCUT2D eigenvalue weighted by atomic mass is 32.1. The molecule has 0 fully saturated rings. The first-order valence-electron chi connectivity index (χ1n) is 6.31. The third-order valence-electron chi connectivity index (χ3n) is 3.10. The number of rotatable bonds is 4. The Morgan fingerprint density at radius 1 is 1.39 bits per heavy atom. The van der Waals surface area contributed by atoms with Gasteiger partial charge in [-0.05, 0) is 25.3 Å². The van der Waals surface area contributed by atoms with Gasteiger partial charge < -0.3 is 11.1 Å². The monoisotopic (exact) mass is 264 g/mol. The molecule has 0 saturated carbocycles. The van der Waals surface area contributed by atoms with Crippen molar-refractivity contribution in [3.63, 3.8) is 0 Å². The Balaban J connectivity index is 2.42. The van der Waals surface area contributed by atoms with Crippen LogP contribution in [0.1, 0.15) is 32.1 Å². The Labute approximate surface area is 112 Å². The number of nitrogen functional groups attached to an aromatic ring is 1. The number of aryl methyl sites for hydroxylation is 1. The molecule has 18 heavy (non-hydrogen) atoms. The first kappa shape index (κ1) is 13.1. The Kier molecular flexibility index (Phi) is 3.71. The average molecular weight is 264 g/mol. The van der Waals surface area contributed by atoms with Crippen LogP contribution in [0.25, 0.3) is 10.2 Å². The molecule has 2 heterocycles. The Hall–Kier alpha value is -1.36.